The normalized spacial score (nSPS) is 18.0. The van der Waals surface area contributed by atoms with Crippen molar-refractivity contribution in [3.63, 3.8) is 0 Å². The van der Waals surface area contributed by atoms with Crippen molar-refractivity contribution < 1.29 is 23.7 Å². The molecule has 0 aromatic rings. The summed E-state index contributed by atoms with van der Waals surface area (Å²) in [7, 11) is -2.41. The highest BCUT2D eigenvalue weighted by Crippen LogP contribution is 2.16. The SMILES string of the molecule is C1=COPOC1.OP(O)O. The Morgan fingerprint density at radius 3 is 2.10 bits per heavy atom. The molecular weight excluding hydrogens is 178 g/mol. The molecule has 0 spiro atoms. The minimum atomic E-state index is -2.62. The van der Waals surface area contributed by atoms with E-state index < -0.39 is 8.60 Å². The molecule has 0 amide bonds. The fraction of sp³-hybridized carbons (Fsp3) is 0.333. The number of rotatable bonds is 0. The van der Waals surface area contributed by atoms with Gasteiger partial charge in [0.2, 0.25) is 9.03 Å². The van der Waals surface area contributed by atoms with Gasteiger partial charge in [0, 0.05) is 0 Å². The lowest BCUT2D eigenvalue weighted by Gasteiger charge is -2.02. The molecule has 7 heteroatoms. The van der Waals surface area contributed by atoms with E-state index in [1.807, 2.05) is 6.08 Å². The van der Waals surface area contributed by atoms with Gasteiger partial charge in [-0.05, 0) is 6.08 Å². The third-order valence-electron chi connectivity index (χ3n) is 0.451. The molecule has 5 nitrogen and oxygen atoms in total. The van der Waals surface area contributed by atoms with Crippen molar-refractivity contribution in [1.29, 1.82) is 0 Å². The van der Waals surface area contributed by atoms with Crippen LogP contribution in [0.5, 0.6) is 0 Å². The first-order valence-corrected chi connectivity index (χ1v) is 4.29. The summed E-state index contributed by atoms with van der Waals surface area (Å²) in [4.78, 5) is 21.7. The molecule has 0 aromatic carbocycles. The van der Waals surface area contributed by atoms with E-state index in [2.05, 4.69) is 0 Å². The Kier molecular flexibility index (Phi) is 7.52. The summed E-state index contributed by atoms with van der Waals surface area (Å²) in [5, 5.41) is 0. The lowest BCUT2D eigenvalue weighted by atomic mass is 10.7. The molecule has 0 aliphatic carbocycles. The molecule has 1 aliphatic heterocycles. The monoisotopic (exact) mass is 186 g/mol. The average molecular weight is 186 g/mol. The summed E-state index contributed by atoms with van der Waals surface area (Å²) in [6, 6.07) is 0. The van der Waals surface area contributed by atoms with Crippen LogP contribution in [-0.4, -0.2) is 21.3 Å². The van der Waals surface area contributed by atoms with Crippen molar-refractivity contribution in [3.05, 3.63) is 12.3 Å². The van der Waals surface area contributed by atoms with Crippen LogP contribution in [0.2, 0.25) is 0 Å². The molecule has 60 valence electrons. The Balaban J connectivity index is 0.000000180. The predicted molar refractivity (Wildman–Crippen MR) is 38.1 cm³/mol. The fourth-order valence-corrected chi connectivity index (χ4v) is 0.615. The van der Waals surface area contributed by atoms with Crippen LogP contribution in [0.3, 0.4) is 0 Å². The molecule has 1 unspecified atom stereocenters. The van der Waals surface area contributed by atoms with Gasteiger partial charge in [-0.15, -0.1) is 0 Å². The average Bonchev–Trinajstić information content (AvgIpc) is 1.90. The van der Waals surface area contributed by atoms with Gasteiger partial charge in [-0.25, -0.2) is 0 Å². The second kappa shape index (κ2) is 7.35. The Morgan fingerprint density at radius 2 is 2.00 bits per heavy atom. The molecular formula is C3H8O5P2. The fourth-order valence-electron chi connectivity index (χ4n) is 0.231. The highest BCUT2D eigenvalue weighted by atomic mass is 31.2. The van der Waals surface area contributed by atoms with Crippen LogP contribution in [0.4, 0.5) is 0 Å². The maximum absolute atomic E-state index is 7.23. The Hall–Kier alpha value is 0.240. The summed E-state index contributed by atoms with van der Waals surface area (Å²) in [5.74, 6) is 0. The summed E-state index contributed by atoms with van der Waals surface area (Å²) in [6.07, 6.45) is 3.48. The molecule has 1 atom stereocenters. The molecule has 0 saturated heterocycles. The molecule has 3 N–H and O–H groups in total. The maximum Gasteiger partial charge on any atom is 0.324 e. The van der Waals surface area contributed by atoms with Gasteiger partial charge in [0.05, 0.1) is 12.9 Å². The molecule has 1 aliphatic rings. The van der Waals surface area contributed by atoms with Crippen LogP contribution in [0, 0.1) is 0 Å². The number of hydrogen-bond acceptors (Lipinski definition) is 5. The van der Waals surface area contributed by atoms with E-state index in [1.165, 1.54) is 0 Å². The first kappa shape index (κ1) is 10.2. The molecule has 0 radical (unpaired) electrons. The highest BCUT2D eigenvalue weighted by molar-refractivity contribution is 7.38. The van der Waals surface area contributed by atoms with Crippen molar-refractivity contribution >= 4 is 17.6 Å². The Morgan fingerprint density at radius 1 is 1.40 bits per heavy atom. The van der Waals surface area contributed by atoms with Crippen LogP contribution in [-0.2, 0) is 9.05 Å². The van der Waals surface area contributed by atoms with E-state index in [0.29, 0.717) is 6.61 Å². The van der Waals surface area contributed by atoms with Gasteiger partial charge in [-0.3, -0.25) is 0 Å². The third-order valence-corrected chi connectivity index (χ3v) is 0.968. The maximum atomic E-state index is 7.23. The molecule has 10 heavy (non-hydrogen) atoms. The van der Waals surface area contributed by atoms with Crippen molar-refractivity contribution in [2.75, 3.05) is 6.61 Å². The van der Waals surface area contributed by atoms with Crippen LogP contribution in [0.25, 0.3) is 0 Å². The third kappa shape index (κ3) is 11.1. The van der Waals surface area contributed by atoms with Crippen LogP contribution in [0.15, 0.2) is 12.3 Å². The van der Waals surface area contributed by atoms with Crippen LogP contribution < -0.4 is 0 Å². The Bertz CT molecular complexity index is 84.1. The first-order chi connectivity index (χ1) is 4.73. The largest absolute Gasteiger partial charge is 0.458 e. The van der Waals surface area contributed by atoms with E-state index in [9.17, 15) is 0 Å². The van der Waals surface area contributed by atoms with Crippen LogP contribution >= 0.6 is 17.6 Å². The highest BCUT2D eigenvalue weighted by Gasteiger charge is 1.86. The lowest BCUT2D eigenvalue weighted by molar-refractivity contribution is 0.329. The van der Waals surface area contributed by atoms with Crippen LogP contribution in [0.1, 0.15) is 0 Å². The lowest BCUT2D eigenvalue weighted by Crippen LogP contribution is -1.82. The van der Waals surface area contributed by atoms with Crippen molar-refractivity contribution in [3.8, 4) is 0 Å². The molecule has 0 saturated carbocycles. The van der Waals surface area contributed by atoms with Crippen molar-refractivity contribution in [2.24, 2.45) is 0 Å². The number of hydrogen-bond donors (Lipinski definition) is 3. The van der Waals surface area contributed by atoms with Gasteiger partial charge in [0.25, 0.3) is 0 Å². The molecule has 1 heterocycles. The Labute approximate surface area is 61.2 Å². The van der Waals surface area contributed by atoms with E-state index >= 15 is 0 Å². The van der Waals surface area contributed by atoms with Crippen molar-refractivity contribution in [2.45, 2.75) is 0 Å². The van der Waals surface area contributed by atoms with Crippen molar-refractivity contribution in [1.82, 2.24) is 0 Å². The minimum absolute atomic E-state index is 0.215. The summed E-state index contributed by atoms with van der Waals surface area (Å²) in [5.41, 5.74) is 0. The van der Waals surface area contributed by atoms with E-state index in [0.717, 1.165) is 0 Å². The molecule has 0 bridgehead atoms. The zero-order valence-corrected chi connectivity index (χ0v) is 6.86. The molecule has 0 aromatic heterocycles. The minimum Gasteiger partial charge on any atom is -0.458 e. The van der Waals surface area contributed by atoms with Gasteiger partial charge < -0.3 is 23.7 Å². The molecule has 0 fully saturated rings. The van der Waals surface area contributed by atoms with Gasteiger partial charge in [-0.2, -0.15) is 0 Å². The molecule has 1 rings (SSSR count). The summed E-state index contributed by atoms with van der Waals surface area (Å²) in [6.45, 7) is 0.707. The van der Waals surface area contributed by atoms with E-state index in [1.54, 1.807) is 6.26 Å². The topological polar surface area (TPSA) is 79.2 Å². The quantitative estimate of drug-likeness (QED) is 0.472. The standard InChI is InChI=1S/C3H5O2P.H3O3P/c1-2-4-6-5-3-1;1-4(2)3/h1-2,6H,3H2;1-3H. The zero-order chi connectivity index (χ0) is 7.82. The second-order valence-corrected chi connectivity index (χ2v) is 2.38. The predicted octanol–water partition coefficient (Wildman–Crippen LogP) is 0.246. The zero-order valence-electron chi connectivity index (χ0n) is 4.97. The van der Waals surface area contributed by atoms with E-state index in [-0.39, 0.29) is 9.03 Å². The first-order valence-electron chi connectivity index (χ1n) is 2.27. The van der Waals surface area contributed by atoms with E-state index in [4.69, 9.17) is 23.7 Å². The summed E-state index contributed by atoms with van der Waals surface area (Å²) >= 11 is 0. The summed E-state index contributed by atoms with van der Waals surface area (Å²) < 4.78 is 9.48. The second-order valence-electron chi connectivity index (χ2n) is 1.15. The van der Waals surface area contributed by atoms with Gasteiger partial charge in [0.15, 0.2) is 0 Å². The van der Waals surface area contributed by atoms with Gasteiger partial charge >= 0.3 is 8.60 Å². The van der Waals surface area contributed by atoms with Gasteiger partial charge in [-0.1, -0.05) is 0 Å². The van der Waals surface area contributed by atoms with Gasteiger partial charge in [0.1, 0.15) is 0 Å². The smallest absolute Gasteiger partial charge is 0.324 e.